The molecule has 0 heterocycles. The largest absolute Gasteiger partial charge is 0.498 e. The van der Waals surface area contributed by atoms with Gasteiger partial charge in [-0.25, -0.2) is 0 Å². The van der Waals surface area contributed by atoms with Gasteiger partial charge in [0.25, 0.3) is 0 Å². The molecular formula is C36H68O3. The Morgan fingerprint density at radius 1 is 0.385 bits per heavy atom. The molecule has 0 aromatic carbocycles. The van der Waals surface area contributed by atoms with E-state index in [1.54, 1.807) is 0 Å². The number of hydrogen-bond acceptors (Lipinski definition) is 3. The molecule has 0 N–H and O–H groups in total. The molecule has 0 aliphatic heterocycles. The summed E-state index contributed by atoms with van der Waals surface area (Å²) in [6.45, 7) is 7.85. The zero-order valence-corrected chi connectivity index (χ0v) is 26.7. The van der Waals surface area contributed by atoms with Crippen LogP contribution < -0.4 is 0 Å². The fourth-order valence-electron chi connectivity index (χ4n) is 4.62. The second kappa shape index (κ2) is 34.6. The molecule has 0 spiro atoms. The van der Waals surface area contributed by atoms with Crippen LogP contribution >= 0.6 is 0 Å². The van der Waals surface area contributed by atoms with Crippen molar-refractivity contribution in [3.05, 3.63) is 37.0 Å². The first-order chi connectivity index (χ1) is 19.3. The Bertz CT molecular complexity index is 493. The van der Waals surface area contributed by atoms with Gasteiger partial charge in [0, 0.05) is 0 Å². The minimum atomic E-state index is -0.0956. The van der Waals surface area contributed by atoms with Crippen molar-refractivity contribution in [3.63, 3.8) is 0 Å². The van der Waals surface area contributed by atoms with Crippen LogP contribution in [0.3, 0.4) is 0 Å². The summed E-state index contributed by atoms with van der Waals surface area (Å²) >= 11 is 0. The minimum absolute atomic E-state index is 0.0956. The van der Waals surface area contributed by atoms with Crippen molar-refractivity contribution in [2.75, 3.05) is 13.2 Å². The summed E-state index contributed by atoms with van der Waals surface area (Å²) in [5, 5.41) is 0. The summed E-state index contributed by atoms with van der Waals surface area (Å²) in [7, 11) is 0. The highest BCUT2D eigenvalue weighted by Gasteiger charge is 2.08. The minimum Gasteiger partial charge on any atom is -0.498 e. The van der Waals surface area contributed by atoms with E-state index in [0.29, 0.717) is 13.2 Å². The lowest BCUT2D eigenvalue weighted by molar-refractivity contribution is 0.0206. The van der Waals surface area contributed by atoms with Gasteiger partial charge in [-0.1, -0.05) is 136 Å². The molecule has 0 amide bonds. The van der Waals surface area contributed by atoms with Crippen LogP contribution in [0, 0.1) is 0 Å². The predicted octanol–water partition coefficient (Wildman–Crippen LogP) is 12.4. The Balaban J connectivity index is 4.12. The van der Waals surface area contributed by atoms with E-state index in [1.807, 2.05) is 18.8 Å². The van der Waals surface area contributed by atoms with Crippen LogP contribution in [0.15, 0.2) is 37.0 Å². The molecule has 0 radical (unpaired) electrons. The van der Waals surface area contributed by atoms with Crippen LogP contribution in [0.1, 0.15) is 175 Å². The van der Waals surface area contributed by atoms with Gasteiger partial charge in [0.05, 0.1) is 18.8 Å². The van der Waals surface area contributed by atoms with E-state index in [-0.39, 0.29) is 6.10 Å². The monoisotopic (exact) mass is 549 g/mol. The van der Waals surface area contributed by atoms with E-state index in [2.05, 4.69) is 39.0 Å². The van der Waals surface area contributed by atoms with Crippen LogP contribution in [0.5, 0.6) is 0 Å². The van der Waals surface area contributed by atoms with Gasteiger partial charge >= 0.3 is 0 Å². The van der Waals surface area contributed by atoms with E-state index < -0.39 is 0 Å². The molecule has 0 rings (SSSR count). The maximum Gasteiger partial charge on any atom is 0.165 e. The standard InChI is InChI=1S/C36H68O3/c1-4-7-10-13-16-19-22-25-28-31-37-34-36(39-33-30-27-24-21-18-15-12-9-6-3)35-38-32-29-26-23-20-17-14-11-8-5-2/h28-33,36H,4-27,34-35H2,1-3H3. The van der Waals surface area contributed by atoms with Crippen molar-refractivity contribution in [3.8, 4) is 0 Å². The molecule has 0 aliphatic rings. The second-order valence-electron chi connectivity index (χ2n) is 11.3. The van der Waals surface area contributed by atoms with Crippen LogP contribution in [0.4, 0.5) is 0 Å². The topological polar surface area (TPSA) is 27.7 Å². The van der Waals surface area contributed by atoms with Gasteiger partial charge in [-0.3, -0.25) is 0 Å². The molecule has 3 nitrogen and oxygen atoms in total. The Morgan fingerprint density at radius 2 is 0.692 bits per heavy atom. The highest BCUT2D eigenvalue weighted by Crippen LogP contribution is 2.11. The van der Waals surface area contributed by atoms with E-state index in [1.165, 1.54) is 135 Å². The van der Waals surface area contributed by atoms with Crippen LogP contribution in [0.25, 0.3) is 0 Å². The molecule has 0 atom stereocenters. The zero-order chi connectivity index (χ0) is 28.3. The zero-order valence-electron chi connectivity index (χ0n) is 26.7. The Kier molecular flexibility index (Phi) is 33.4. The lowest BCUT2D eigenvalue weighted by Crippen LogP contribution is -2.22. The number of unbranched alkanes of at least 4 members (excludes halogenated alkanes) is 21. The summed E-state index contributed by atoms with van der Waals surface area (Å²) in [4.78, 5) is 0. The third-order valence-electron chi connectivity index (χ3n) is 7.24. The normalized spacial score (nSPS) is 12.7. The van der Waals surface area contributed by atoms with Gasteiger partial charge in [0.15, 0.2) is 6.10 Å². The van der Waals surface area contributed by atoms with E-state index >= 15 is 0 Å². The fraction of sp³-hybridized carbons (Fsp3) is 0.833. The van der Waals surface area contributed by atoms with Crippen molar-refractivity contribution in [1.29, 1.82) is 0 Å². The quantitative estimate of drug-likeness (QED) is 0.0618. The molecule has 0 bridgehead atoms. The van der Waals surface area contributed by atoms with Crippen molar-refractivity contribution in [1.82, 2.24) is 0 Å². The predicted molar refractivity (Wildman–Crippen MR) is 172 cm³/mol. The van der Waals surface area contributed by atoms with Crippen LogP contribution in [-0.2, 0) is 14.2 Å². The van der Waals surface area contributed by atoms with Crippen molar-refractivity contribution < 1.29 is 14.2 Å². The molecular weight excluding hydrogens is 480 g/mol. The van der Waals surface area contributed by atoms with Gasteiger partial charge in [0.1, 0.15) is 13.2 Å². The third kappa shape index (κ3) is 32.7. The SMILES string of the molecule is CCCCCCCCCC=COCC(COC=CCCCCCCCCC)OC=CCCCCCCCCC. The van der Waals surface area contributed by atoms with Gasteiger partial charge in [-0.05, 0) is 56.8 Å². The second-order valence-corrected chi connectivity index (χ2v) is 11.3. The molecule has 230 valence electrons. The average molecular weight is 549 g/mol. The fourth-order valence-corrected chi connectivity index (χ4v) is 4.62. The summed E-state index contributed by atoms with van der Waals surface area (Å²) in [6, 6.07) is 0. The molecule has 0 aromatic heterocycles. The van der Waals surface area contributed by atoms with Crippen LogP contribution in [-0.4, -0.2) is 19.3 Å². The first-order valence-electron chi connectivity index (χ1n) is 17.2. The van der Waals surface area contributed by atoms with E-state index in [9.17, 15) is 0 Å². The number of rotatable bonds is 32. The molecule has 3 heteroatoms. The highest BCUT2D eigenvalue weighted by atomic mass is 16.6. The Labute approximate surface area is 245 Å². The highest BCUT2D eigenvalue weighted by molar-refractivity contribution is 4.78. The summed E-state index contributed by atoms with van der Waals surface area (Å²) in [5.41, 5.74) is 0. The average Bonchev–Trinajstić information content (AvgIpc) is 2.95. The summed E-state index contributed by atoms with van der Waals surface area (Å²) < 4.78 is 17.6. The molecule has 0 saturated carbocycles. The van der Waals surface area contributed by atoms with Crippen molar-refractivity contribution >= 4 is 0 Å². The van der Waals surface area contributed by atoms with Crippen molar-refractivity contribution in [2.24, 2.45) is 0 Å². The maximum atomic E-state index is 5.99. The Morgan fingerprint density at radius 3 is 1.05 bits per heavy atom. The Hall–Kier alpha value is -1.38. The number of ether oxygens (including phenoxy) is 3. The smallest absolute Gasteiger partial charge is 0.165 e. The van der Waals surface area contributed by atoms with E-state index in [4.69, 9.17) is 14.2 Å². The van der Waals surface area contributed by atoms with E-state index in [0.717, 1.165) is 19.3 Å². The van der Waals surface area contributed by atoms with Crippen LogP contribution in [0.2, 0.25) is 0 Å². The van der Waals surface area contributed by atoms with Gasteiger partial charge in [-0.15, -0.1) is 0 Å². The maximum absolute atomic E-state index is 5.99. The third-order valence-corrected chi connectivity index (χ3v) is 7.24. The molecule has 0 saturated heterocycles. The first-order valence-corrected chi connectivity index (χ1v) is 17.2. The van der Waals surface area contributed by atoms with Crippen molar-refractivity contribution in [2.45, 2.75) is 181 Å². The van der Waals surface area contributed by atoms with Gasteiger partial charge in [0.2, 0.25) is 0 Å². The number of allylic oxidation sites excluding steroid dienone is 3. The first kappa shape index (κ1) is 37.6. The molecule has 39 heavy (non-hydrogen) atoms. The molecule has 0 fully saturated rings. The lowest BCUT2D eigenvalue weighted by Gasteiger charge is -2.15. The number of hydrogen-bond donors (Lipinski definition) is 0. The molecule has 0 aliphatic carbocycles. The van der Waals surface area contributed by atoms with Gasteiger partial charge in [-0.2, -0.15) is 0 Å². The molecule has 0 aromatic rings. The summed E-state index contributed by atoms with van der Waals surface area (Å²) in [5.74, 6) is 0. The molecule has 0 unspecified atom stereocenters. The summed E-state index contributed by atoms with van der Waals surface area (Å²) in [6.07, 6.45) is 43.4. The lowest BCUT2D eigenvalue weighted by atomic mass is 10.1. The van der Waals surface area contributed by atoms with Gasteiger partial charge < -0.3 is 14.2 Å².